The van der Waals surface area contributed by atoms with Gasteiger partial charge in [-0.3, -0.25) is 19.7 Å². The van der Waals surface area contributed by atoms with Crippen molar-refractivity contribution in [3.8, 4) is 0 Å². The van der Waals surface area contributed by atoms with Crippen molar-refractivity contribution in [3.63, 3.8) is 0 Å². The number of carbonyl (C=O) groups excluding carboxylic acids is 2. The highest BCUT2D eigenvalue weighted by Gasteiger charge is 2.39. The van der Waals surface area contributed by atoms with Gasteiger partial charge in [0, 0.05) is 56.3 Å². The lowest BCUT2D eigenvalue weighted by atomic mass is 9.95. The molecule has 9 heteroatoms. The quantitative estimate of drug-likeness (QED) is 0.316. The fourth-order valence-corrected chi connectivity index (χ4v) is 6.57. The number of nitrogens with zero attached hydrogens (tertiary/aromatic N) is 4. The molecule has 3 aliphatic heterocycles. The number of fused-ring (bicyclic) bond motifs is 1. The molecule has 1 N–H and O–H groups in total. The van der Waals surface area contributed by atoms with E-state index in [1.54, 1.807) is 6.07 Å². The summed E-state index contributed by atoms with van der Waals surface area (Å²) in [6.45, 7) is 7.03. The first kappa shape index (κ1) is 26.7. The summed E-state index contributed by atoms with van der Waals surface area (Å²) in [6, 6.07) is 14.8. The number of non-ortho nitro benzene ring substituents is 1. The monoisotopic (exact) mass is 543 g/mol. The van der Waals surface area contributed by atoms with Gasteiger partial charge in [-0.05, 0) is 69.2 Å². The molecule has 2 saturated heterocycles. The molecular weight excluding hydrogens is 506 g/mol. The summed E-state index contributed by atoms with van der Waals surface area (Å²) in [7, 11) is 0. The number of rotatable bonds is 7. The molecular formula is C31H37N5O4. The number of hydrogen-bond acceptors (Lipinski definition) is 7. The Bertz CT molecular complexity index is 1320. The van der Waals surface area contributed by atoms with Crippen molar-refractivity contribution < 1.29 is 14.5 Å². The van der Waals surface area contributed by atoms with Crippen LogP contribution in [0.25, 0.3) is 11.3 Å². The molecule has 2 amide bonds. The third-order valence-corrected chi connectivity index (χ3v) is 8.91. The Labute approximate surface area is 235 Å². The van der Waals surface area contributed by atoms with E-state index in [2.05, 4.69) is 15.1 Å². The number of imide groups is 1. The highest BCUT2D eigenvalue weighted by molar-refractivity contribution is 6.43. The van der Waals surface area contributed by atoms with Gasteiger partial charge in [0.2, 0.25) is 5.91 Å². The minimum Gasteiger partial charge on any atom is -0.381 e. The number of benzene rings is 2. The maximum absolute atomic E-state index is 13.7. The Morgan fingerprint density at radius 3 is 2.30 bits per heavy atom. The van der Waals surface area contributed by atoms with E-state index in [1.807, 2.05) is 30.3 Å². The van der Waals surface area contributed by atoms with Crippen LogP contribution in [0.2, 0.25) is 0 Å². The Kier molecular flexibility index (Phi) is 7.42. The minimum absolute atomic E-state index is 0.154. The smallest absolute Gasteiger partial charge is 0.271 e. The number of hydrogen-bond donors (Lipinski definition) is 1. The lowest BCUT2D eigenvalue weighted by Crippen LogP contribution is -2.50. The number of nitro groups is 1. The standard InChI is InChI=1S/C31H37N5O4/c1-21(37)35-28-19-26(36(39)40)9-10-27(28)29(31(35)38)30(23-5-3-2-4-6-23)32-24-11-17-34(18-12-24)25-13-15-33(16-14-25)20-22-7-8-22/h2-6,9-10,19,22,24-25,32H,7-8,11-18,20H2,1H3/b30-29-. The number of amides is 2. The second-order valence-corrected chi connectivity index (χ2v) is 11.7. The van der Waals surface area contributed by atoms with Crippen LogP contribution in [-0.4, -0.2) is 71.3 Å². The molecule has 210 valence electrons. The number of carbonyl (C=O) groups is 2. The highest BCUT2D eigenvalue weighted by Crippen LogP contribution is 2.42. The molecule has 0 spiro atoms. The zero-order chi connectivity index (χ0) is 27.8. The van der Waals surface area contributed by atoms with Gasteiger partial charge in [-0.2, -0.15) is 0 Å². The first-order valence-electron chi connectivity index (χ1n) is 14.6. The zero-order valence-corrected chi connectivity index (χ0v) is 23.1. The van der Waals surface area contributed by atoms with Crippen molar-refractivity contribution in [2.24, 2.45) is 5.92 Å². The van der Waals surface area contributed by atoms with Crippen molar-refractivity contribution >= 4 is 34.5 Å². The molecule has 0 aromatic heterocycles. The van der Waals surface area contributed by atoms with E-state index >= 15 is 0 Å². The Morgan fingerprint density at radius 2 is 1.68 bits per heavy atom. The first-order valence-corrected chi connectivity index (χ1v) is 14.6. The van der Waals surface area contributed by atoms with Crippen LogP contribution in [0.4, 0.5) is 11.4 Å². The van der Waals surface area contributed by atoms with Gasteiger partial charge in [0.05, 0.1) is 21.9 Å². The summed E-state index contributed by atoms with van der Waals surface area (Å²) in [4.78, 5) is 43.6. The van der Waals surface area contributed by atoms with Crippen molar-refractivity contribution in [2.45, 2.75) is 57.5 Å². The van der Waals surface area contributed by atoms with Crippen LogP contribution in [-0.2, 0) is 9.59 Å². The largest absolute Gasteiger partial charge is 0.381 e. The predicted octanol–water partition coefficient (Wildman–Crippen LogP) is 4.28. The second kappa shape index (κ2) is 11.1. The lowest BCUT2D eigenvalue weighted by Gasteiger charge is -2.42. The van der Waals surface area contributed by atoms with Crippen LogP contribution < -0.4 is 10.2 Å². The maximum atomic E-state index is 13.7. The molecule has 40 heavy (non-hydrogen) atoms. The molecule has 3 heterocycles. The van der Waals surface area contributed by atoms with Gasteiger partial charge >= 0.3 is 0 Å². The third kappa shape index (κ3) is 5.40. The van der Waals surface area contributed by atoms with E-state index in [9.17, 15) is 19.7 Å². The lowest BCUT2D eigenvalue weighted by molar-refractivity contribution is -0.384. The summed E-state index contributed by atoms with van der Waals surface area (Å²) in [6.07, 6.45) is 7.22. The molecule has 0 bridgehead atoms. The van der Waals surface area contributed by atoms with Crippen molar-refractivity contribution in [1.29, 1.82) is 0 Å². The predicted molar refractivity (Wildman–Crippen MR) is 154 cm³/mol. The van der Waals surface area contributed by atoms with Crippen LogP contribution in [0.15, 0.2) is 48.5 Å². The van der Waals surface area contributed by atoms with Crippen LogP contribution >= 0.6 is 0 Å². The fraction of sp³-hybridized carbons (Fsp3) is 0.484. The van der Waals surface area contributed by atoms with Crippen LogP contribution in [0.5, 0.6) is 0 Å². The van der Waals surface area contributed by atoms with E-state index < -0.39 is 16.7 Å². The normalized spacial score (nSPS) is 22.3. The van der Waals surface area contributed by atoms with Gasteiger partial charge in [-0.15, -0.1) is 0 Å². The molecule has 2 aromatic rings. The molecule has 4 aliphatic rings. The summed E-state index contributed by atoms with van der Waals surface area (Å²) in [5.74, 6) is 0.0260. The SMILES string of the molecule is CC(=O)N1C(=O)/C(=C(\NC2CCN(C3CCN(CC4CC4)CC3)CC2)c2ccccc2)c2ccc([N+](=O)[O-])cc21. The fourth-order valence-electron chi connectivity index (χ4n) is 6.57. The van der Waals surface area contributed by atoms with Crippen molar-refractivity contribution in [2.75, 3.05) is 37.6 Å². The van der Waals surface area contributed by atoms with E-state index in [0.717, 1.165) is 42.3 Å². The van der Waals surface area contributed by atoms with Crippen molar-refractivity contribution in [3.05, 3.63) is 69.8 Å². The average Bonchev–Trinajstić information content (AvgIpc) is 3.73. The zero-order valence-electron chi connectivity index (χ0n) is 23.1. The molecule has 9 nitrogen and oxygen atoms in total. The molecule has 2 aromatic carbocycles. The molecule has 0 radical (unpaired) electrons. The Morgan fingerprint density at radius 1 is 0.975 bits per heavy atom. The molecule has 3 fully saturated rings. The summed E-state index contributed by atoms with van der Waals surface area (Å²) < 4.78 is 0. The van der Waals surface area contributed by atoms with E-state index in [4.69, 9.17) is 0 Å². The maximum Gasteiger partial charge on any atom is 0.271 e. The molecule has 1 saturated carbocycles. The van der Waals surface area contributed by atoms with Gasteiger partial charge in [-0.1, -0.05) is 30.3 Å². The molecule has 6 rings (SSSR count). The second-order valence-electron chi connectivity index (χ2n) is 11.7. The molecule has 0 unspecified atom stereocenters. The van der Waals surface area contributed by atoms with Crippen LogP contribution in [0.3, 0.4) is 0 Å². The average molecular weight is 544 g/mol. The Balaban J connectivity index is 1.22. The van der Waals surface area contributed by atoms with E-state index in [-0.39, 0.29) is 17.4 Å². The van der Waals surface area contributed by atoms with E-state index in [1.165, 1.54) is 64.4 Å². The summed E-state index contributed by atoms with van der Waals surface area (Å²) >= 11 is 0. The number of nitrogens with one attached hydrogen (secondary N) is 1. The van der Waals surface area contributed by atoms with Crippen LogP contribution in [0, 0.1) is 16.0 Å². The molecule has 0 atom stereocenters. The summed E-state index contributed by atoms with van der Waals surface area (Å²) in [5, 5.41) is 15.1. The van der Waals surface area contributed by atoms with E-state index in [0.29, 0.717) is 22.9 Å². The van der Waals surface area contributed by atoms with Crippen molar-refractivity contribution in [1.82, 2.24) is 15.1 Å². The topological polar surface area (TPSA) is 99.0 Å². The Hall–Kier alpha value is -3.56. The molecule has 1 aliphatic carbocycles. The van der Waals surface area contributed by atoms with Gasteiger partial charge in [0.15, 0.2) is 0 Å². The number of piperidine rings is 2. The van der Waals surface area contributed by atoms with Gasteiger partial charge < -0.3 is 15.1 Å². The van der Waals surface area contributed by atoms with Gasteiger partial charge in [0.25, 0.3) is 11.6 Å². The number of anilines is 1. The minimum atomic E-state index is -0.508. The third-order valence-electron chi connectivity index (χ3n) is 8.91. The number of nitro benzene ring substituents is 1. The van der Waals surface area contributed by atoms with Crippen LogP contribution in [0.1, 0.15) is 56.6 Å². The highest BCUT2D eigenvalue weighted by atomic mass is 16.6. The number of likely N-dealkylation sites (tertiary alicyclic amines) is 2. The van der Waals surface area contributed by atoms with Gasteiger partial charge in [-0.25, -0.2) is 4.90 Å². The van der Waals surface area contributed by atoms with Gasteiger partial charge in [0.1, 0.15) is 0 Å². The first-order chi connectivity index (χ1) is 19.4. The summed E-state index contributed by atoms with van der Waals surface area (Å²) in [5.41, 5.74) is 2.56.